The summed E-state index contributed by atoms with van der Waals surface area (Å²) in [5, 5.41) is 6.78. The average molecular weight is 463 g/mol. The van der Waals surface area contributed by atoms with Crippen molar-refractivity contribution in [3.8, 4) is 0 Å². The maximum atomic E-state index is 11.6. The average Bonchev–Trinajstić information content (AvgIpc) is 2.95. The Bertz CT molecular complexity index is 578. The van der Waals surface area contributed by atoms with Crippen molar-refractivity contribution in [3.63, 3.8) is 0 Å². The molecule has 0 bridgehead atoms. The van der Waals surface area contributed by atoms with Gasteiger partial charge in [-0.25, -0.2) is 9.79 Å². The molecule has 25 heavy (non-hydrogen) atoms. The topological polar surface area (TPSA) is 75.9 Å². The third-order valence-electron chi connectivity index (χ3n) is 4.47. The number of halogens is 1. The largest absolute Gasteiger partial charge is 0.465 e. The van der Waals surface area contributed by atoms with Crippen LogP contribution in [-0.4, -0.2) is 31.6 Å². The van der Waals surface area contributed by atoms with Crippen molar-refractivity contribution in [2.45, 2.75) is 59.0 Å². The fourth-order valence-corrected chi connectivity index (χ4v) is 3.01. The fourth-order valence-electron chi connectivity index (χ4n) is 3.01. The van der Waals surface area contributed by atoms with E-state index < -0.39 is 0 Å². The number of nitrogens with one attached hydrogen (secondary N) is 2. The van der Waals surface area contributed by atoms with Crippen molar-refractivity contribution in [1.82, 2.24) is 10.6 Å². The van der Waals surface area contributed by atoms with Gasteiger partial charge in [0.2, 0.25) is 0 Å². The van der Waals surface area contributed by atoms with E-state index >= 15 is 0 Å². The van der Waals surface area contributed by atoms with Crippen molar-refractivity contribution in [2.24, 2.45) is 10.9 Å². The van der Waals surface area contributed by atoms with Crippen LogP contribution in [0.15, 0.2) is 15.5 Å². The predicted molar refractivity (Wildman–Crippen MR) is 110 cm³/mol. The van der Waals surface area contributed by atoms with Gasteiger partial charge in [0.05, 0.1) is 7.11 Å². The molecule has 1 aliphatic rings. The Kier molecular flexibility index (Phi) is 9.31. The number of carbonyl (C=O) groups is 1. The molecule has 6 nitrogen and oxygen atoms in total. The smallest absolute Gasteiger partial charge is 0.341 e. The Hall–Kier alpha value is -1.25. The van der Waals surface area contributed by atoms with Gasteiger partial charge >= 0.3 is 5.97 Å². The summed E-state index contributed by atoms with van der Waals surface area (Å²) in [6.45, 7) is 7.31. The number of rotatable bonds is 5. The molecule has 0 unspecified atom stereocenters. The van der Waals surface area contributed by atoms with Gasteiger partial charge in [-0.05, 0) is 51.5 Å². The summed E-state index contributed by atoms with van der Waals surface area (Å²) in [5.41, 5.74) is 0.460. The Balaban J connectivity index is 0.00000312. The molecule has 2 rings (SSSR count). The number of hydrogen-bond donors (Lipinski definition) is 2. The van der Waals surface area contributed by atoms with Crippen molar-refractivity contribution in [3.05, 3.63) is 23.2 Å². The zero-order valence-corrected chi connectivity index (χ0v) is 17.9. The summed E-state index contributed by atoms with van der Waals surface area (Å²) in [6.07, 6.45) is 4.88. The highest BCUT2D eigenvalue weighted by Gasteiger charge is 2.19. The summed E-state index contributed by atoms with van der Waals surface area (Å²) in [4.78, 5) is 16.2. The van der Waals surface area contributed by atoms with Crippen LogP contribution in [0.3, 0.4) is 0 Å². The fraction of sp³-hybridized carbons (Fsp3) is 0.667. The van der Waals surface area contributed by atoms with Gasteiger partial charge in [0.15, 0.2) is 5.96 Å². The first-order valence-electron chi connectivity index (χ1n) is 8.76. The van der Waals surface area contributed by atoms with Crippen molar-refractivity contribution >= 4 is 35.9 Å². The minimum atomic E-state index is -0.382. The van der Waals surface area contributed by atoms with Crippen LogP contribution in [0.2, 0.25) is 0 Å². The third-order valence-corrected chi connectivity index (χ3v) is 4.47. The van der Waals surface area contributed by atoms with Gasteiger partial charge in [-0.1, -0.05) is 6.92 Å². The van der Waals surface area contributed by atoms with Gasteiger partial charge in [0.25, 0.3) is 0 Å². The van der Waals surface area contributed by atoms with Crippen LogP contribution in [0, 0.1) is 12.8 Å². The van der Waals surface area contributed by atoms with Crippen LogP contribution in [0.4, 0.5) is 0 Å². The summed E-state index contributed by atoms with van der Waals surface area (Å²) >= 11 is 0. The Morgan fingerprint density at radius 3 is 2.64 bits per heavy atom. The number of aryl methyl sites for hydroxylation is 1. The molecule has 142 valence electrons. The van der Waals surface area contributed by atoms with E-state index in [0.717, 1.165) is 18.4 Å². The lowest BCUT2D eigenvalue weighted by Crippen LogP contribution is -2.44. The zero-order valence-electron chi connectivity index (χ0n) is 15.6. The number of carbonyl (C=O) groups excluding carboxylic acids is 1. The molecule has 1 aliphatic carbocycles. The molecule has 1 fully saturated rings. The molecule has 1 aromatic rings. The van der Waals surface area contributed by atoms with E-state index in [1.54, 1.807) is 13.0 Å². The van der Waals surface area contributed by atoms with Crippen LogP contribution >= 0.6 is 24.0 Å². The second kappa shape index (κ2) is 10.7. The standard InChI is InChI=1S/C18H29N3O3.HI/c1-5-19-18(21-14-8-6-12(2)7-9-14)20-11-15-10-16(13(3)24-15)17(22)23-4;/h10,12,14H,5-9,11H2,1-4H3,(H2,19,20,21);1H. The number of ether oxygens (including phenoxy) is 1. The van der Waals surface area contributed by atoms with Crippen LogP contribution in [0.25, 0.3) is 0 Å². The summed E-state index contributed by atoms with van der Waals surface area (Å²) in [6, 6.07) is 2.18. The number of hydrogen-bond acceptors (Lipinski definition) is 4. The highest BCUT2D eigenvalue weighted by molar-refractivity contribution is 14.0. The second-order valence-corrected chi connectivity index (χ2v) is 6.47. The predicted octanol–water partition coefficient (Wildman–Crippen LogP) is 3.63. The van der Waals surface area contributed by atoms with E-state index in [2.05, 4.69) is 22.5 Å². The minimum absolute atomic E-state index is 0. The normalized spacial score (nSPS) is 20.6. The number of methoxy groups -OCH3 is 1. The molecule has 1 saturated carbocycles. The first-order chi connectivity index (χ1) is 11.5. The van der Waals surface area contributed by atoms with Gasteiger partial charge < -0.3 is 19.8 Å². The summed E-state index contributed by atoms with van der Waals surface area (Å²) < 4.78 is 10.4. The van der Waals surface area contributed by atoms with Gasteiger partial charge in [-0.2, -0.15) is 0 Å². The van der Waals surface area contributed by atoms with Crippen molar-refractivity contribution in [2.75, 3.05) is 13.7 Å². The molecule has 0 aliphatic heterocycles. The second-order valence-electron chi connectivity index (χ2n) is 6.47. The molecular weight excluding hydrogens is 433 g/mol. The molecule has 0 atom stereocenters. The van der Waals surface area contributed by atoms with E-state index in [0.29, 0.717) is 29.7 Å². The zero-order chi connectivity index (χ0) is 17.5. The van der Waals surface area contributed by atoms with E-state index in [1.807, 2.05) is 6.92 Å². The van der Waals surface area contributed by atoms with Gasteiger partial charge in [-0.3, -0.25) is 0 Å². The maximum absolute atomic E-state index is 11.6. The quantitative estimate of drug-likeness (QED) is 0.302. The van der Waals surface area contributed by atoms with E-state index in [4.69, 9.17) is 9.15 Å². The summed E-state index contributed by atoms with van der Waals surface area (Å²) in [7, 11) is 1.37. The van der Waals surface area contributed by atoms with Crippen LogP contribution in [0.1, 0.15) is 61.4 Å². The molecule has 1 aromatic heterocycles. The Morgan fingerprint density at radius 1 is 1.36 bits per heavy atom. The lowest BCUT2D eigenvalue weighted by molar-refractivity contribution is 0.0599. The maximum Gasteiger partial charge on any atom is 0.341 e. The van der Waals surface area contributed by atoms with Crippen molar-refractivity contribution in [1.29, 1.82) is 0 Å². The third kappa shape index (κ3) is 6.52. The van der Waals surface area contributed by atoms with E-state index in [9.17, 15) is 4.79 Å². The van der Waals surface area contributed by atoms with Gasteiger partial charge in [-0.15, -0.1) is 24.0 Å². The SMILES string of the molecule is CCNC(=NCc1cc(C(=O)OC)c(C)o1)NC1CCC(C)CC1.I. The van der Waals surface area contributed by atoms with E-state index in [1.165, 1.54) is 32.8 Å². The van der Waals surface area contributed by atoms with Crippen LogP contribution in [-0.2, 0) is 11.3 Å². The van der Waals surface area contributed by atoms with E-state index in [-0.39, 0.29) is 29.9 Å². The molecule has 7 heteroatoms. The highest BCUT2D eigenvalue weighted by Crippen LogP contribution is 2.23. The lowest BCUT2D eigenvalue weighted by atomic mass is 9.87. The minimum Gasteiger partial charge on any atom is -0.465 e. The molecule has 1 heterocycles. The Morgan fingerprint density at radius 2 is 2.04 bits per heavy atom. The van der Waals surface area contributed by atoms with Crippen LogP contribution < -0.4 is 10.6 Å². The van der Waals surface area contributed by atoms with Crippen LogP contribution in [0.5, 0.6) is 0 Å². The number of nitrogens with zero attached hydrogens (tertiary/aromatic N) is 1. The number of esters is 1. The first kappa shape index (κ1) is 21.8. The Labute approximate surface area is 167 Å². The molecule has 0 radical (unpaired) electrons. The van der Waals surface area contributed by atoms with Gasteiger partial charge in [0.1, 0.15) is 23.6 Å². The highest BCUT2D eigenvalue weighted by atomic mass is 127. The molecular formula is C18H30IN3O3. The first-order valence-corrected chi connectivity index (χ1v) is 8.76. The summed E-state index contributed by atoms with van der Waals surface area (Å²) in [5.74, 6) is 2.46. The molecule has 0 aromatic carbocycles. The number of guanidine groups is 1. The molecule has 0 amide bonds. The molecule has 0 saturated heterocycles. The molecule has 0 spiro atoms. The van der Waals surface area contributed by atoms with Crippen molar-refractivity contribution < 1.29 is 13.9 Å². The number of furan rings is 1. The number of aliphatic imine (C=N–C) groups is 1. The monoisotopic (exact) mass is 463 g/mol. The molecule has 2 N–H and O–H groups in total. The lowest BCUT2D eigenvalue weighted by Gasteiger charge is -2.28. The van der Waals surface area contributed by atoms with Gasteiger partial charge in [0, 0.05) is 12.6 Å².